The van der Waals surface area contributed by atoms with Gasteiger partial charge in [-0.1, -0.05) is 36.4 Å². The molecule has 5 nitrogen and oxygen atoms in total. The van der Waals surface area contributed by atoms with Crippen LogP contribution in [0.2, 0.25) is 0 Å². The van der Waals surface area contributed by atoms with Gasteiger partial charge in [-0.25, -0.2) is 4.79 Å². The van der Waals surface area contributed by atoms with E-state index in [0.717, 1.165) is 0 Å². The quantitative estimate of drug-likeness (QED) is 0.426. The van der Waals surface area contributed by atoms with Crippen molar-refractivity contribution in [3.8, 4) is 34.1 Å². The van der Waals surface area contributed by atoms with Gasteiger partial charge in [-0.15, -0.1) is 0 Å². The van der Waals surface area contributed by atoms with Crippen LogP contribution in [0.4, 0.5) is 4.79 Å². The van der Waals surface area contributed by atoms with Crippen LogP contribution in [-0.4, -0.2) is 16.4 Å². The Morgan fingerprint density at radius 1 is 0.750 bits per heavy atom. The van der Waals surface area contributed by atoms with Crippen LogP contribution in [0.25, 0.3) is 11.1 Å². The zero-order chi connectivity index (χ0) is 16.9. The Labute approximate surface area is 138 Å². The van der Waals surface area contributed by atoms with Gasteiger partial charge in [-0.3, -0.25) is 0 Å². The lowest BCUT2D eigenvalue weighted by molar-refractivity contribution is 0.152. The maximum absolute atomic E-state index is 12.0. The van der Waals surface area contributed by atoms with Crippen LogP contribution < -0.4 is 9.47 Å². The molecule has 3 rings (SSSR count). The molecule has 0 aliphatic carbocycles. The van der Waals surface area contributed by atoms with Crippen LogP contribution >= 0.6 is 0 Å². The summed E-state index contributed by atoms with van der Waals surface area (Å²) in [6, 6.07) is 19.3. The van der Waals surface area contributed by atoms with Crippen LogP contribution in [0.15, 0.2) is 72.8 Å². The van der Waals surface area contributed by atoms with Crippen molar-refractivity contribution in [3.05, 3.63) is 72.8 Å². The summed E-state index contributed by atoms with van der Waals surface area (Å²) < 4.78 is 10.3. The van der Waals surface area contributed by atoms with Crippen LogP contribution in [0.1, 0.15) is 0 Å². The van der Waals surface area contributed by atoms with E-state index in [9.17, 15) is 15.0 Å². The molecule has 3 aromatic carbocycles. The molecule has 0 bridgehead atoms. The van der Waals surface area contributed by atoms with Crippen molar-refractivity contribution in [3.63, 3.8) is 0 Å². The summed E-state index contributed by atoms with van der Waals surface area (Å²) in [5, 5.41) is 19.6. The minimum atomic E-state index is -0.895. The molecule has 0 heterocycles. The Kier molecular flexibility index (Phi) is 4.34. The third-order valence-electron chi connectivity index (χ3n) is 3.30. The first kappa shape index (κ1) is 15.4. The van der Waals surface area contributed by atoms with Crippen molar-refractivity contribution < 1.29 is 24.5 Å². The molecular formula is C19H14O5. The van der Waals surface area contributed by atoms with Crippen LogP contribution in [-0.2, 0) is 0 Å². The molecule has 0 aromatic heterocycles. The highest BCUT2D eigenvalue weighted by Gasteiger charge is 2.15. The Balaban J connectivity index is 1.87. The predicted molar refractivity (Wildman–Crippen MR) is 88.3 cm³/mol. The monoisotopic (exact) mass is 322 g/mol. The Bertz CT molecular complexity index is 859. The largest absolute Gasteiger partial charge is 0.519 e. The SMILES string of the molecule is O=C(Oc1ccccc1)Oc1ccccc1-c1cc(O)ccc1O. The number of aromatic hydroxyl groups is 2. The number of carbonyl (C=O) groups is 1. The molecule has 0 unspecified atom stereocenters. The average molecular weight is 322 g/mol. The summed E-state index contributed by atoms with van der Waals surface area (Å²) in [6.45, 7) is 0. The second kappa shape index (κ2) is 6.75. The van der Waals surface area contributed by atoms with E-state index in [0.29, 0.717) is 16.9 Å². The first-order valence-corrected chi connectivity index (χ1v) is 7.19. The number of rotatable bonds is 3. The van der Waals surface area contributed by atoms with E-state index in [4.69, 9.17) is 9.47 Å². The molecule has 2 N–H and O–H groups in total. The molecule has 5 heteroatoms. The number of hydrogen-bond donors (Lipinski definition) is 2. The molecule has 0 saturated carbocycles. The Hall–Kier alpha value is -3.47. The van der Waals surface area contributed by atoms with Gasteiger partial charge in [-0.2, -0.15) is 0 Å². The highest BCUT2D eigenvalue weighted by atomic mass is 16.7. The highest BCUT2D eigenvalue weighted by molar-refractivity contribution is 5.79. The second-order valence-corrected chi connectivity index (χ2v) is 4.96. The molecule has 0 amide bonds. The van der Waals surface area contributed by atoms with Crippen LogP contribution in [0.3, 0.4) is 0 Å². The van der Waals surface area contributed by atoms with Gasteiger partial charge in [0.05, 0.1) is 0 Å². The fraction of sp³-hybridized carbons (Fsp3) is 0. The van der Waals surface area contributed by atoms with Crippen LogP contribution in [0.5, 0.6) is 23.0 Å². The van der Waals surface area contributed by atoms with E-state index >= 15 is 0 Å². The molecule has 0 fully saturated rings. The summed E-state index contributed by atoms with van der Waals surface area (Å²) in [6.07, 6.45) is -0.895. The van der Waals surface area contributed by atoms with Crippen molar-refractivity contribution in [2.24, 2.45) is 0 Å². The number of phenolic OH excluding ortho intramolecular Hbond substituents is 2. The van der Waals surface area contributed by atoms with E-state index < -0.39 is 6.16 Å². The maximum atomic E-state index is 12.0. The Morgan fingerprint density at radius 3 is 2.25 bits per heavy atom. The molecule has 0 atom stereocenters. The lowest BCUT2D eigenvalue weighted by Crippen LogP contribution is -2.14. The van der Waals surface area contributed by atoms with E-state index in [2.05, 4.69) is 0 Å². The smallest absolute Gasteiger partial charge is 0.508 e. The van der Waals surface area contributed by atoms with Crippen molar-refractivity contribution >= 4 is 6.16 Å². The number of hydrogen-bond acceptors (Lipinski definition) is 5. The summed E-state index contributed by atoms with van der Waals surface area (Å²) in [7, 11) is 0. The third-order valence-corrected chi connectivity index (χ3v) is 3.30. The molecule has 0 radical (unpaired) electrons. The minimum Gasteiger partial charge on any atom is -0.508 e. The normalized spacial score (nSPS) is 10.2. The average Bonchev–Trinajstić information content (AvgIpc) is 2.58. The zero-order valence-electron chi connectivity index (χ0n) is 12.5. The fourth-order valence-corrected chi connectivity index (χ4v) is 2.21. The van der Waals surface area contributed by atoms with Gasteiger partial charge in [-0.05, 0) is 36.4 Å². The van der Waals surface area contributed by atoms with Gasteiger partial charge in [0.2, 0.25) is 0 Å². The second-order valence-electron chi connectivity index (χ2n) is 4.96. The number of phenols is 2. The van der Waals surface area contributed by atoms with Crippen molar-refractivity contribution in [2.45, 2.75) is 0 Å². The summed E-state index contributed by atoms with van der Waals surface area (Å²) in [5.41, 5.74) is 0.800. The third kappa shape index (κ3) is 3.47. The highest BCUT2D eigenvalue weighted by Crippen LogP contribution is 2.37. The molecule has 0 spiro atoms. The van der Waals surface area contributed by atoms with E-state index in [1.54, 1.807) is 54.6 Å². The van der Waals surface area contributed by atoms with E-state index in [1.165, 1.54) is 18.2 Å². The van der Waals surface area contributed by atoms with Crippen molar-refractivity contribution in [1.29, 1.82) is 0 Å². The van der Waals surface area contributed by atoms with Gasteiger partial charge in [0.15, 0.2) is 0 Å². The van der Waals surface area contributed by atoms with Gasteiger partial charge >= 0.3 is 6.16 Å². The van der Waals surface area contributed by atoms with Gasteiger partial charge < -0.3 is 19.7 Å². The zero-order valence-corrected chi connectivity index (χ0v) is 12.5. The van der Waals surface area contributed by atoms with E-state index in [1.807, 2.05) is 0 Å². The van der Waals surface area contributed by atoms with E-state index in [-0.39, 0.29) is 17.2 Å². The maximum Gasteiger partial charge on any atom is 0.519 e. The summed E-state index contributed by atoms with van der Waals surface area (Å²) in [4.78, 5) is 12.0. The topological polar surface area (TPSA) is 76.0 Å². The molecule has 3 aromatic rings. The number of para-hydroxylation sites is 2. The molecule has 0 saturated heterocycles. The molecular weight excluding hydrogens is 308 g/mol. The van der Waals surface area contributed by atoms with Crippen LogP contribution in [0, 0.1) is 0 Å². The minimum absolute atomic E-state index is 0.00975. The number of carbonyl (C=O) groups excluding carboxylic acids is 1. The summed E-state index contributed by atoms with van der Waals surface area (Å²) in [5.74, 6) is 0.518. The predicted octanol–water partition coefficient (Wildman–Crippen LogP) is 4.34. The molecule has 120 valence electrons. The van der Waals surface area contributed by atoms with Crippen molar-refractivity contribution in [1.82, 2.24) is 0 Å². The standard InChI is InChI=1S/C19H14O5/c20-13-10-11-17(21)16(12-13)15-8-4-5-9-18(15)24-19(22)23-14-6-2-1-3-7-14/h1-12,20-21H. The fourth-order valence-electron chi connectivity index (χ4n) is 2.21. The van der Waals surface area contributed by atoms with Crippen molar-refractivity contribution in [2.75, 3.05) is 0 Å². The molecule has 0 aliphatic heterocycles. The number of ether oxygens (including phenoxy) is 2. The van der Waals surface area contributed by atoms with Gasteiger partial charge in [0, 0.05) is 11.1 Å². The molecule has 24 heavy (non-hydrogen) atoms. The Morgan fingerprint density at radius 2 is 1.46 bits per heavy atom. The lowest BCUT2D eigenvalue weighted by Gasteiger charge is -2.11. The molecule has 0 aliphatic rings. The summed E-state index contributed by atoms with van der Waals surface area (Å²) >= 11 is 0. The number of benzene rings is 3. The first-order valence-electron chi connectivity index (χ1n) is 7.19. The van der Waals surface area contributed by atoms with Gasteiger partial charge in [0.1, 0.15) is 23.0 Å². The first-order chi connectivity index (χ1) is 11.6. The van der Waals surface area contributed by atoms with Gasteiger partial charge in [0.25, 0.3) is 0 Å². The lowest BCUT2D eigenvalue weighted by atomic mass is 10.0.